The van der Waals surface area contributed by atoms with Crippen LogP contribution in [0, 0.1) is 0 Å². The van der Waals surface area contributed by atoms with Gasteiger partial charge in [-0.15, -0.1) is 0 Å². The zero-order valence-electron chi connectivity index (χ0n) is 16.0. The molecule has 0 saturated carbocycles. The molecule has 1 fully saturated rings. The quantitative estimate of drug-likeness (QED) is 0.583. The number of hydrogen-bond acceptors (Lipinski definition) is 4. The highest BCUT2D eigenvalue weighted by atomic mass is 28.4. The van der Waals surface area contributed by atoms with Gasteiger partial charge in [0.15, 0.2) is 8.32 Å². The third-order valence-corrected chi connectivity index (χ3v) is 9.56. The molecule has 1 rings (SSSR count). The van der Waals surface area contributed by atoms with Crippen molar-refractivity contribution in [3.8, 4) is 0 Å². The van der Waals surface area contributed by atoms with Crippen molar-refractivity contribution in [3.05, 3.63) is 24.3 Å². The fourth-order valence-corrected chi connectivity index (χ4v) is 3.96. The van der Waals surface area contributed by atoms with E-state index in [-0.39, 0.29) is 36.5 Å². The van der Waals surface area contributed by atoms with E-state index < -0.39 is 8.32 Å². The van der Waals surface area contributed by atoms with Crippen molar-refractivity contribution in [2.75, 3.05) is 19.8 Å². The van der Waals surface area contributed by atoms with Gasteiger partial charge in [-0.05, 0) is 31.5 Å². The van der Waals surface area contributed by atoms with Crippen LogP contribution < -0.4 is 0 Å². The molecule has 0 unspecified atom stereocenters. The van der Waals surface area contributed by atoms with E-state index in [0.29, 0.717) is 6.54 Å². The average molecular weight is 356 g/mol. The maximum atomic E-state index is 12.4. The Balaban J connectivity index is 2.92. The molecule has 0 aromatic rings. The lowest BCUT2D eigenvalue weighted by molar-refractivity contribution is 0.106. The average Bonchev–Trinajstić information content (AvgIpc) is 2.87. The Morgan fingerprint density at radius 3 is 2.54 bits per heavy atom. The van der Waals surface area contributed by atoms with Crippen LogP contribution in [0.3, 0.4) is 0 Å². The van der Waals surface area contributed by atoms with Gasteiger partial charge in [0.2, 0.25) is 0 Å². The minimum absolute atomic E-state index is 0.00536. The van der Waals surface area contributed by atoms with Crippen molar-refractivity contribution in [3.63, 3.8) is 0 Å². The van der Waals surface area contributed by atoms with Crippen molar-refractivity contribution in [2.45, 2.75) is 64.4 Å². The predicted octanol–water partition coefficient (Wildman–Crippen LogP) is 3.71. The van der Waals surface area contributed by atoms with E-state index in [2.05, 4.69) is 40.4 Å². The number of carbonyl (C=O) groups excluding carboxylic acids is 1. The van der Waals surface area contributed by atoms with Crippen LogP contribution in [-0.4, -0.2) is 56.3 Å². The van der Waals surface area contributed by atoms with Crippen molar-refractivity contribution in [1.82, 2.24) is 4.90 Å². The first-order chi connectivity index (χ1) is 11.0. The normalized spacial score (nSPS) is 22.6. The molecule has 1 saturated heterocycles. The smallest absolute Gasteiger partial charge is 0.410 e. The summed E-state index contributed by atoms with van der Waals surface area (Å²) in [5, 5.41) is 9.29. The van der Waals surface area contributed by atoms with Gasteiger partial charge in [0, 0.05) is 6.54 Å². The summed E-state index contributed by atoms with van der Waals surface area (Å²) in [7, 11) is -1.91. The molecule has 2 atom stereocenters. The van der Waals surface area contributed by atoms with Gasteiger partial charge in [-0.3, -0.25) is 4.90 Å². The molecule has 0 spiro atoms. The summed E-state index contributed by atoms with van der Waals surface area (Å²) in [5.41, 5.74) is 0.967. The Morgan fingerprint density at radius 2 is 2.04 bits per heavy atom. The second-order valence-electron chi connectivity index (χ2n) is 7.90. The van der Waals surface area contributed by atoms with Gasteiger partial charge in [-0.1, -0.05) is 45.1 Å². The molecule has 1 aliphatic rings. The van der Waals surface area contributed by atoms with Crippen LogP contribution in [0.5, 0.6) is 0 Å². The number of likely N-dealkylation sites (tertiary alicyclic amines) is 1. The summed E-state index contributed by atoms with van der Waals surface area (Å²) in [6.45, 7) is 17.2. The lowest BCUT2D eigenvalue weighted by atomic mass is 10.1. The second kappa shape index (κ2) is 8.32. The Hall–Kier alpha value is -1.11. The predicted molar refractivity (Wildman–Crippen MR) is 99.6 cm³/mol. The third kappa shape index (κ3) is 5.19. The van der Waals surface area contributed by atoms with Crippen LogP contribution in [0.4, 0.5) is 4.79 Å². The summed E-state index contributed by atoms with van der Waals surface area (Å²) in [4.78, 5) is 14.1. The largest absolute Gasteiger partial charge is 0.445 e. The monoisotopic (exact) mass is 355 g/mol. The maximum Gasteiger partial charge on any atom is 0.410 e. The molecule has 0 aromatic carbocycles. The van der Waals surface area contributed by atoms with Gasteiger partial charge in [0.05, 0.1) is 18.8 Å². The number of hydrogen-bond donors (Lipinski definition) is 1. The molecule has 1 N–H and O–H groups in total. The fourth-order valence-electron chi connectivity index (χ4n) is 2.60. The van der Waals surface area contributed by atoms with Crippen molar-refractivity contribution in [2.24, 2.45) is 0 Å². The Morgan fingerprint density at radius 1 is 1.42 bits per heavy atom. The van der Waals surface area contributed by atoms with Gasteiger partial charge in [-0.2, -0.15) is 0 Å². The number of aliphatic hydroxyl groups excluding tert-OH is 1. The number of carbonyl (C=O) groups is 1. The van der Waals surface area contributed by atoms with E-state index in [1.165, 1.54) is 0 Å². The number of aliphatic hydroxyl groups is 1. The van der Waals surface area contributed by atoms with E-state index in [4.69, 9.17) is 9.16 Å². The van der Waals surface area contributed by atoms with Crippen LogP contribution in [0.15, 0.2) is 24.3 Å². The SMILES string of the molecule is C=CCOC(=O)N1C[C@H](O[Si](C)(C)C(C)(C)C)C[C@H]1C(C)=CCO. The molecule has 0 bridgehead atoms. The molecule has 0 aliphatic carbocycles. The molecule has 1 heterocycles. The minimum Gasteiger partial charge on any atom is -0.445 e. The Kier molecular flexibility index (Phi) is 7.25. The first-order valence-corrected chi connectivity index (χ1v) is 11.4. The zero-order valence-corrected chi connectivity index (χ0v) is 17.0. The number of rotatable bonds is 6. The topological polar surface area (TPSA) is 59.0 Å². The van der Waals surface area contributed by atoms with Crippen molar-refractivity contribution >= 4 is 14.4 Å². The third-order valence-electron chi connectivity index (χ3n) is 5.03. The van der Waals surface area contributed by atoms with E-state index in [1.54, 1.807) is 17.1 Å². The zero-order chi connectivity index (χ0) is 18.5. The van der Waals surface area contributed by atoms with Gasteiger partial charge in [-0.25, -0.2) is 4.79 Å². The molecule has 0 radical (unpaired) electrons. The van der Waals surface area contributed by atoms with Gasteiger partial charge in [0.1, 0.15) is 6.61 Å². The molecular formula is C18H33NO4Si. The van der Waals surface area contributed by atoms with Crippen molar-refractivity contribution in [1.29, 1.82) is 0 Å². The van der Waals surface area contributed by atoms with E-state index in [9.17, 15) is 9.90 Å². The molecular weight excluding hydrogens is 322 g/mol. The molecule has 5 nitrogen and oxygen atoms in total. The van der Waals surface area contributed by atoms with E-state index in [0.717, 1.165) is 12.0 Å². The lowest BCUT2D eigenvalue weighted by Crippen LogP contribution is -2.44. The standard InChI is InChI=1S/C18H33NO4Si/c1-8-11-22-17(21)19-13-15(12-16(19)14(2)9-10-20)23-24(6,7)18(3,4)5/h8-9,15-16,20H,1,10-13H2,2-7H3/t15-,16+/m1/s1. The van der Waals surface area contributed by atoms with Crippen LogP contribution in [0.2, 0.25) is 18.1 Å². The van der Waals surface area contributed by atoms with Crippen LogP contribution in [0.25, 0.3) is 0 Å². The molecule has 0 aromatic heterocycles. The summed E-state index contributed by atoms with van der Waals surface area (Å²) >= 11 is 0. The highest BCUT2D eigenvalue weighted by molar-refractivity contribution is 6.74. The summed E-state index contributed by atoms with van der Waals surface area (Å²) in [5.74, 6) is 0. The highest BCUT2D eigenvalue weighted by Crippen LogP contribution is 2.39. The summed E-state index contributed by atoms with van der Waals surface area (Å²) in [6, 6.07) is -0.0933. The van der Waals surface area contributed by atoms with Crippen LogP contribution >= 0.6 is 0 Å². The summed E-state index contributed by atoms with van der Waals surface area (Å²) in [6.07, 6.45) is 3.68. The molecule has 1 amide bonds. The minimum atomic E-state index is -1.91. The first-order valence-electron chi connectivity index (χ1n) is 8.53. The molecule has 138 valence electrons. The molecule has 24 heavy (non-hydrogen) atoms. The first kappa shape index (κ1) is 20.9. The van der Waals surface area contributed by atoms with Gasteiger partial charge < -0.3 is 14.3 Å². The fraction of sp³-hybridized carbons (Fsp3) is 0.722. The van der Waals surface area contributed by atoms with Crippen molar-refractivity contribution < 1.29 is 19.1 Å². The number of amides is 1. The van der Waals surface area contributed by atoms with Crippen LogP contribution in [-0.2, 0) is 9.16 Å². The molecule has 1 aliphatic heterocycles. The Bertz CT molecular complexity index is 482. The number of nitrogens with zero attached hydrogens (tertiary/aromatic N) is 1. The van der Waals surface area contributed by atoms with Gasteiger partial charge in [0.25, 0.3) is 0 Å². The lowest BCUT2D eigenvalue weighted by Gasteiger charge is -2.38. The van der Waals surface area contributed by atoms with Gasteiger partial charge >= 0.3 is 6.09 Å². The second-order valence-corrected chi connectivity index (χ2v) is 12.7. The number of ether oxygens (including phenoxy) is 1. The van der Waals surface area contributed by atoms with E-state index in [1.807, 2.05) is 6.92 Å². The maximum absolute atomic E-state index is 12.4. The van der Waals surface area contributed by atoms with Crippen LogP contribution in [0.1, 0.15) is 34.1 Å². The highest BCUT2D eigenvalue weighted by Gasteiger charge is 2.44. The summed E-state index contributed by atoms with van der Waals surface area (Å²) < 4.78 is 11.7. The Labute approximate surface area is 147 Å². The van der Waals surface area contributed by atoms with E-state index >= 15 is 0 Å². The molecule has 6 heteroatoms.